The fourth-order valence-corrected chi connectivity index (χ4v) is 3.65. The molecule has 2 aromatic rings. The smallest absolute Gasteiger partial charge is 0.225 e. The van der Waals surface area contributed by atoms with Gasteiger partial charge in [-0.25, -0.2) is 4.98 Å². The molecule has 2 aromatic heterocycles. The number of thiophene rings is 1. The fourth-order valence-electron chi connectivity index (χ4n) is 2.89. The minimum Gasteiger partial charge on any atom is -0.357 e. The Balaban J connectivity index is 2.05. The Kier molecular flexibility index (Phi) is 3.31. The molecule has 2 atom stereocenters. The van der Waals surface area contributed by atoms with Gasteiger partial charge in [0.25, 0.3) is 0 Å². The highest BCUT2D eigenvalue weighted by Gasteiger charge is 2.26. The van der Waals surface area contributed by atoms with Gasteiger partial charge in [-0.3, -0.25) is 0 Å². The summed E-state index contributed by atoms with van der Waals surface area (Å²) in [5.41, 5.74) is 0. The molecule has 0 aliphatic carbocycles. The molecule has 0 spiro atoms. The van der Waals surface area contributed by atoms with Crippen molar-refractivity contribution < 1.29 is 0 Å². The molecule has 1 aliphatic rings. The summed E-state index contributed by atoms with van der Waals surface area (Å²) in [6.45, 7) is 5.73. The molecule has 0 bridgehead atoms. The van der Waals surface area contributed by atoms with Crippen LogP contribution in [0.3, 0.4) is 0 Å². The summed E-state index contributed by atoms with van der Waals surface area (Å²) in [7, 11) is 1.88. The van der Waals surface area contributed by atoms with Crippen molar-refractivity contribution in [3.63, 3.8) is 0 Å². The number of fused-ring (bicyclic) bond motifs is 1. The van der Waals surface area contributed by atoms with Crippen LogP contribution < -0.4 is 10.2 Å². The third-order valence-corrected chi connectivity index (χ3v) is 4.75. The number of piperidine rings is 1. The van der Waals surface area contributed by atoms with Crippen molar-refractivity contribution in [3.8, 4) is 0 Å². The third-order valence-electron chi connectivity index (χ3n) is 3.94. The lowest BCUT2D eigenvalue weighted by atomic mass is 9.93. The lowest BCUT2D eigenvalue weighted by molar-refractivity contribution is 0.376. The van der Waals surface area contributed by atoms with Crippen LogP contribution in [0.1, 0.15) is 26.7 Å². The molecule has 3 heterocycles. The van der Waals surface area contributed by atoms with Crippen LogP contribution >= 0.6 is 11.3 Å². The highest BCUT2D eigenvalue weighted by atomic mass is 32.1. The first-order chi connectivity index (χ1) is 9.19. The number of anilines is 2. The number of nitrogens with one attached hydrogen (secondary N) is 1. The van der Waals surface area contributed by atoms with E-state index < -0.39 is 0 Å². The minimum atomic E-state index is 0.548. The Bertz CT molecular complexity index is 580. The molecule has 0 aromatic carbocycles. The van der Waals surface area contributed by atoms with Gasteiger partial charge < -0.3 is 10.2 Å². The van der Waals surface area contributed by atoms with Gasteiger partial charge in [0.2, 0.25) is 5.95 Å². The zero-order valence-electron chi connectivity index (χ0n) is 11.7. The van der Waals surface area contributed by atoms with E-state index in [1.807, 2.05) is 7.05 Å². The van der Waals surface area contributed by atoms with Crippen LogP contribution in [0.2, 0.25) is 0 Å². The Morgan fingerprint density at radius 2 is 2.21 bits per heavy atom. The average Bonchev–Trinajstić information content (AvgIpc) is 2.86. The van der Waals surface area contributed by atoms with E-state index in [1.54, 1.807) is 11.3 Å². The summed E-state index contributed by atoms with van der Waals surface area (Å²) >= 11 is 1.68. The molecule has 19 heavy (non-hydrogen) atoms. The molecule has 0 saturated carbocycles. The van der Waals surface area contributed by atoms with Crippen LogP contribution in [0.5, 0.6) is 0 Å². The second-order valence-corrected chi connectivity index (χ2v) is 6.33. The molecule has 1 fully saturated rings. The normalized spacial score (nSPS) is 23.8. The lowest BCUT2D eigenvalue weighted by Gasteiger charge is -2.37. The number of hydrogen-bond donors (Lipinski definition) is 1. The zero-order valence-corrected chi connectivity index (χ0v) is 12.5. The Morgan fingerprint density at radius 3 is 2.95 bits per heavy atom. The molecule has 0 radical (unpaired) electrons. The highest BCUT2D eigenvalue weighted by molar-refractivity contribution is 7.16. The lowest BCUT2D eigenvalue weighted by Crippen LogP contribution is -2.40. The van der Waals surface area contributed by atoms with Gasteiger partial charge >= 0.3 is 0 Å². The third kappa shape index (κ3) is 2.27. The van der Waals surface area contributed by atoms with Gasteiger partial charge in [0, 0.05) is 19.6 Å². The summed E-state index contributed by atoms with van der Waals surface area (Å²) in [4.78, 5) is 12.7. The Hall–Kier alpha value is -1.36. The summed E-state index contributed by atoms with van der Waals surface area (Å²) in [6.07, 6.45) is 2.49. The van der Waals surface area contributed by atoms with Crippen molar-refractivity contribution in [3.05, 3.63) is 11.4 Å². The predicted octanol–water partition coefficient (Wildman–Crippen LogP) is 3.36. The highest BCUT2D eigenvalue weighted by Crippen LogP contribution is 2.33. The summed E-state index contributed by atoms with van der Waals surface area (Å²) in [5, 5.41) is 6.35. The van der Waals surface area contributed by atoms with Crippen molar-refractivity contribution >= 4 is 33.3 Å². The Morgan fingerprint density at radius 1 is 1.37 bits per heavy atom. The molecule has 1 aliphatic heterocycles. The predicted molar refractivity (Wildman–Crippen MR) is 82.2 cm³/mol. The van der Waals surface area contributed by atoms with E-state index in [4.69, 9.17) is 4.98 Å². The van der Waals surface area contributed by atoms with Gasteiger partial charge in [-0.05, 0) is 37.1 Å². The number of rotatable bonds is 2. The standard InChI is InChI=1S/C14H20N4S/c1-9-4-6-18(10(2)8-9)12-11-5-7-19-13(11)17-14(15-3)16-12/h5,7,9-10H,4,6,8H2,1-3H3,(H,15,16,17). The molecule has 1 saturated heterocycles. The van der Waals surface area contributed by atoms with Crippen LogP contribution in [0.4, 0.5) is 11.8 Å². The number of nitrogens with zero attached hydrogens (tertiary/aromatic N) is 3. The largest absolute Gasteiger partial charge is 0.357 e. The second kappa shape index (κ2) is 4.96. The number of hydrogen-bond acceptors (Lipinski definition) is 5. The van der Waals surface area contributed by atoms with Gasteiger partial charge in [-0.15, -0.1) is 11.3 Å². The van der Waals surface area contributed by atoms with Gasteiger partial charge in [0.05, 0.1) is 5.39 Å². The molecule has 1 N–H and O–H groups in total. The van der Waals surface area contributed by atoms with Crippen LogP contribution in [0.15, 0.2) is 11.4 Å². The second-order valence-electron chi connectivity index (χ2n) is 5.43. The van der Waals surface area contributed by atoms with Gasteiger partial charge in [0.1, 0.15) is 10.6 Å². The van der Waals surface area contributed by atoms with E-state index in [-0.39, 0.29) is 0 Å². The average molecular weight is 276 g/mol. The first-order valence-corrected chi connectivity index (χ1v) is 7.76. The van der Waals surface area contributed by atoms with Gasteiger partial charge in [-0.1, -0.05) is 6.92 Å². The van der Waals surface area contributed by atoms with E-state index in [2.05, 4.69) is 40.5 Å². The van der Waals surface area contributed by atoms with E-state index >= 15 is 0 Å². The summed E-state index contributed by atoms with van der Waals surface area (Å²) in [6, 6.07) is 2.69. The molecule has 102 valence electrons. The molecular weight excluding hydrogens is 256 g/mol. The molecule has 2 unspecified atom stereocenters. The van der Waals surface area contributed by atoms with Crippen molar-refractivity contribution in [2.45, 2.75) is 32.7 Å². The number of aromatic nitrogens is 2. The molecular formula is C14H20N4S. The van der Waals surface area contributed by atoms with Crippen molar-refractivity contribution in [1.82, 2.24) is 9.97 Å². The monoisotopic (exact) mass is 276 g/mol. The van der Waals surface area contributed by atoms with Crippen LogP contribution in [0, 0.1) is 5.92 Å². The first kappa shape index (κ1) is 12.7. The fraction of sp³-hybridized carbons (Fsp3) is 0.571. The van der Waals surface area contributed by atoms with E-state index in [0.717, 1.165) is 29.1 Å². The van der Waals surface area contributed by atoms with Crippen molar-refractivity contribution in [2.24, 2.45) is 5.92 Å². The maximum absolute atomic E-state index is 4.70. The van der Waals surface area contributed by atoms with Crippen molar-refractivity contribution in [1.29, 1.82) is 0 Å². The molecule has 0 amide bonds. The first-order valence-electron chi connectivity index (χ1n) is 6.88. The van der Waals surface area contributed by atoms with E-state index in [1.165, 1.54) is 18.2 Å². The zero-order chi connectivity index (χ0) is 13.4. The Labute approximate surface area is 117 Å². The SMILES string of the molecule is CNc1nc(N2CCC(C)CC2C)c2ccsc2n1. The molecule has 4 nitrogen and oxygen atoms in total. The van der Waals surface area contributed by atoms with E-state index in [0.29, 0.717) is 6.04 Å². The van der Waals surface area contributed by atoms with Crippen LogP contribution in [0.25, 0.3) is 10.2 Å². The van der Waals surface area contributed by atoms with Crippen LogP contribution in [-0.4, -0.2) is 29.6 Å². The topological polar surface area (TPSA) is 41.1 Å². The molecule has 3 rings (SSSR count). The van der Waals surface area contributed by atoms with E-state index in [9.17, 15) is 0 Å². The van der Waals surface area contributed by atoms with Crippen molar-refractivity contribution in [2.75, 3.05) is 23.8 Å². The maximum Gasteiger partial charge on any atom is 0.225 e. The summed E-state index contributed by atoms with van der Waals surface area (Å²) < 4.78 is 0. The van der Waals surface area contributed by atoms with Crippen LogP contribution in [-0.2, 0) is 0 Å². The quantitative estimate of drug-likeness (QED) is 0.913. The van der Waals surface area contributed by atoms with Gasteiger partial charge in [-0.2, -0.15) is 4.98 Å². The minimum absolute atomic E-state index is 0.548. The molecule has 5 heteroatoms. The summed E-state index contributed by atoms with van der Waals surface area (Å²) in [5.74, 6) is 2.63. The maximum atomic E-state index is 4.70. The van der Waals surface area contributed by atoms with Gasteiger partial charge in [0.15, 0.2) is 0 Å².